The first-order chi connectivity index (χ1) is 15.1. The number of carbonyl (C=O) groups is 1. The van der Waals surface area contributed by atoms with Crippen LogP contribution in [-0.4, -0.2) is 13.1 Å². The van der Waals surface area contributed by atoms with Crippen molar-refractivity contribution in [3.05, 3.63) is 75.4 Å². The third-order valence-electron chi connectivity index (χ3n) is 8.78. The Morgan fingerprint density at radius 3 is 2.31 bits per heavy atom. The molecule has 2 saturated carbocycles. The van der Waals surface area contributed by atoms with Crippen LogP contribution in [-0.2, 0) is 21.0 Å². The molecule has 0 amide bonds. The van der Waals surface area contributed by atoms with E-state index in [2.05, 4.69) is 58.9 Å². The van der Waals surface area contributed by atoms with E-state index in [1.807, 2.05) is 18.2 Å². The molecule has 2 atom stereocenters. The van der Waals surface area contributed by atoms with Gasteiger partial charge in [0, 0.05) is 5.41 Å². The maximum Gasteiger partial charge on any atom is 0.337 e. The lowest BCUT2D eigenvalue weighted by molar-refractivity contribution is 0.0600. The minimum absolute atomic E-state index is 0.250. The molecule has 2 heteroatoms. The summed E-state index contributed by atoms with van der Waals surface area (Å²) in [6, 6.07) is 12.9. The molecule has 0 aromatic heterocycles. The van der Waals surface area contributed by atoms with Gasteiger partial charge in [0.15, 0.2) is 0 Å². The molecule has 2 aromatic rings. The van der Waals surface area contributed by atoms with Crippen molar-refractivity contribution in [1.29, 1.82) is 0 Å². The SMILES string of the molecule is COC(=O)c1cccc(/C=C2\CCC3(c4cc5c(cc4C)C(C)(C)CCC5(C)C)CC23)c1. The number of esters is 1. The second-order valence-corrected chi connectivity index (χ2v) is 11.7. The van der Waals surface area contributed by atoms with Crippen LogP contribution in [0.3, 0.4) is 0 Å². The zero-order valence-electron chi connectivity index (χ0n) is 20.5. The summed E-state index contributed by atoms with van der Waals surface area (Å²) in [5.41, 5.74) is 10.3. The maximum absolute atomic E-state index is 11.9. The predicted octanol–water partition coefficient (Wildman–Crippen LogP) is 7.27. The molecular weight excluding hydrogens is 392 g/mol. The number of rotatable bonds is 3. The van der Waals surface area contributed by atoms with Gasteiger partial charge in [0.2, 0.25) is 0 Å². The normalized spacial score (nSPS) is 28.2. The third kappa shape index (κ3) is 3.26. The van der Waals surface area contributed by atoms with Crippen molar-refractivity contribution in [2.45, 2.75) is 83.0 Å². The largest absolute Gasteiger partial charge is 0.465 e. The van der Waals surface area contributed by atoms with Gasteiger partial charge in [-0.3, -0.25) is 0 Å². The van der Waals surface area contributed by atoms with Gasteiger partial charge in [-0.05, 0) is 95.7 Å². The smallest absolute Gasteiger partial charge is 0.337 e. The van der Waals surface area contributed by atoms with Gasteiger partial charge < -0.3 is 4.74 Å². The number of ether oxygens (including phenoxy) is 1. The fraction of sp³-hybridized carbons (Fsp3) is 0.500. The Morgan fingerprint density at radius 1 is 0.969 bits per heavy atom. The third-order valence-corrected chi connectivity index (χ3v) is 8.78. The summed E-state index contributed by atoms with van der Waals surface area (Å²) in [5, 5.41) is 0. The van der Waals surface area contributed by atoms with Gasteiger partial charge >= 0.3 is 5.97 Å². The average molecular weight is 429 g/mol. The first kappa shape index (κ1) is 21.5. The molecule has 0 aliphatic heterocycles. The molecule has 0 spiro atoms. The van der Waals surface area contributed by atoms with Gasteiger partial charge in [-0.1, -0.05) is 63.6 Å². The fourth-order valence-corrected chi connectivity index (χ4v) is 6.56. The molecule has 32 heavy (non-hydrogen) atoms. The molecule has 2 nitrogen and oxygen atoms in total. The summed E-state index contributed by atoms with van der Waals surface area (Å²) in [5.74, 6) is 0.369. The zero-order chi connectivity index (χ0) is 22.9. The first-order valence-corrected chi connectivity index (χ1v) is 12.1. The van der Waals surface area contributed by atoms with Crippen molar-refractivity contribution in [1.82, 2.24) is 0 Å². The molecular formula is C30H36O2. The number of hydrogen-bond donors (Lipinski definition) is 0. The van der Waals surface area contributed by atoms with Gasteiger partial charge in [0.05, 0.1) is 12.7 Å². The number of benzene rings is 2. The first-order valence-electron chi connectivity index (χ1n) is 12.1. The van der Waals surface area contributed by atoms with E-state index in [9.17, 15) is 4.79 Å². The number of allylic oxidation sites excluding steroid dienone is 1. The number of carbonyl (C=O) groups excluding carboxylic acids is 1. The fourth-order valence-electron chi connectivity index (χ4n) is 6.56. The van der Waals surface area contributed by atoms with Crippen LogP contribution in [0.1, 0.15) is 98.0 Å². The molecule has 0 saturated heterocycles. The Labute approximate surface area is 193 Å². The molecule has 0 radical (unpaired) electrons. The summed E-state index contributed by atoms with van der Waals surface area (Å²) in [7, 11) is 1.44. The monoisotopic (exact) mass is 428 g/mol. The molecule has 2 fully saturated rings. The number of methoxy groups -OCH3 is 1. The highest BCUT2D eigenvalue weighted by atomic mass is 16.5. The van der Waals surface area contributed by atoms with Gasteiger partial charge in [0.25, 0.3) is 0 Å². The van der Waals surface area contributed by atoms with Crippen LogP contribution in [0, 0.1) is 12.8 Å². The minimum atomic E-state index is -0.271. The zero-order valence-corrected chi connectivity index (χ0v) is 20.5. The molecule has 0 bridgehead atoms. The van der Waals surface area contributed by atoms with Gasteiger partial charge in [-0.25, -0.2) is 4.79 Å². The van der Waals surface area contributed by atoms with E-state index in [1.165, 1.54) is 38.4 Å². The second kappa shape index (κ2) is 7.07. The maximum atomic E-state index is 11.9. The van der Waals surface area contributed by atoms with Crippen LogP contribution in [0.5, 0.6) is 0 Å². The summed E-state index contributed by atoms with van der Waals surface area (Å²) in [6.45, 7) is 12.0. The molecule has 2 unspecified atom stereocenters. The van der Waals surface area contributed by atoms with E-state index >= 15 is 0 Å². The van der Waals surface area contributed by atoms with Crippen LogP contribution >= 0.6 is 0 Å². The predicted molar refractivity (Wildman–Crippen MR) is 131 cm³/mol. The Hall–Kier alpha value is -2.35. The lowest BCUT2D eigenvalue weighted by Gasteiger charge is -2.43. The van der Waals surface area contributed by atoms with E-state index < -0.39 is 0 Å². The Balaban J connectivity index is 1.49. The highest BCUT2D eigenvalue weighted by Crippen LogP contribution is 2.68. The molecule has 3 aliphatic rings. The quantitative estimate of drug-likeness (QED) is 0.481. The van der Waals surface area contributed by atoms with Crippen molar-refractivity contribution in [2.75, 3.05) is 7.11 Å². The van der Waals surface area contributed by atoms with Crippen LogP contribution in [0.2, 0.25) is 0 Å². The van der Waals surface area contributed by atoms with E-state index in [4.69, 9.17) is 4.74 Å². The van der Waals surface area contributed by atoms with E-state index in [0.29, 0.717) is 16.9 Å². The van der Waals surface area contributed by atoms with Crippen LogP contribution in [0.15, 0.2) is 42.0 Å². The minimum Gasteiger partial charge on any atom is -0.465 e. The van der Waals surface area contributed by atoms with Crippen molar-refractivity contribution in [3.63, 3.8) is 0 Å². The Morgan fingerprint density at radius 2 is 1.66 bits per heavy atom. The second-order valence-electron chi connectivity index (χ2n) is 11.7. The number of hydrogen-bond acceptors (Lipinski definition) is 2. The van der Waals surface area contributed by atoms with E-state index in [1.54, 1.807) is 22.3 Å². The summed E-state index contributed by atoms with van der Waals surface area (Å²) < 4.78 is 4.89. The molecule has 168 valence electrons. The standard InChI is InChI=1S/C30H36O2/c1-19-14-24-25(29(4,5)13-12-28(24,2)3)17-23(19)30-11-10-21(26(30)18-30)15-20-8-7-9-22(16-20)27(31)32-6/h7-9,14-17,26H,10-13,18H2,1-6H3/b21-15+. The van der Waals surface area contributed by atoms with Gasteiger partial charge in [0.1, 0.15) is 0 Å². The number of aryl methyl sites for hydroxylation is 1. The number of fused-ring (bicyclic) bond motifs is 2. The Kier molecular flexibility index (Phi) is 4.75. The molecule has 5 rings (SSSR count). The van der Waals surface area contributed by atoms with Crippen LogP contribution in [0.4, 0.5) is 0 Å². The van der Waals surface area contributed by atoms with Crippen molar-refractivity contribution in [3.8, 4) is 0 Å². The molecule has 3 aliphatic carbocycles. The summed E-state index contributed by atoms with van der Waals surface area (Å²) >= 11 is 0. The average Bonchev–Trinajstić information content (AvgIpc) is 3.40. The molecule has 2 aromatic carbocycles. The van der Waals surface area contributed by atoms with Crippen molar-refractivity contribution < 1.29 is 9.53 Å². The van der Waals surface area contributed by atoms with E-state index in [-0.39, 0.29) is 16.8 Å². The Bertz CT molecular complexity index is 1130. The lowest BCUT2D eigenvalue weighted by Crippen LogP contribution is -2.34. The summed E-state index contributed by atoms with van der Waals surface area (Å²) in [6.07, 6.45) is 8.50. The lowest BCUT2D eigenvalue weighted by atomic mass is 9.62. The highest BCUT2D eigenvalue weighted by Gasteiger charge is 2.60. The van der Waals surface area contributed by atoms with Gasteiger partial charge in [-0.2, -0.15) is 0 Å². The van der Waals surface area contributed by atoms with Gasteiger partial charge in [-0.15, -0.1) is 0 Å². The van der Waals surface area contributed by atoms with E-state index in [0.717, 1.165) is 12.0 Å². The van der Waals surface area contributed by atoms with Crippen LogP contribution < -0.4 is 0 Å². The van der Waals surface area contributed by atoms with Crippen LogP contribution in [0.25, 0.3) is 6.08 Å². The highest BCUT2D eigenvalue weighted by molar-refractivity contribution is 5.90. The topological polar surface area (TPSA) is 26.3 Å². The molecule has 0 N–H and O–H groups in total. The molecule has 0 heterocycles. The van der Waals surface area contributed by atoms with Crippen molar-refractivity contribution in [2.24, 2.45) is 5.92 Å². The van der Waals surface area contributed by atoms with Crippen molar-refractivity contribution >= 4 is 12.0 Å². The summed E-state index contributed by atoms with van der Waals surface area (Å²) in [4.78, 5) is 11.9.